The van der Waals surface area contributed by atoms with Crippen molar-refractivity contribution in [1.29, 1.82) is 0 Å². The first-order valence-electron chi connectivity index (χ1n) is 12.3. The summed E-state index contributed by atoms with van der Waals surface area (Å²) in [7, 11) is -3.78. The van der Waals surface area contributed by atoms with Crippen molar-refractivity contribution in [3.05, 3.63) is 40.7 Å². The molecule has 4 rings (SSSR count). The van der Waals surface area contributed by atoms with E-state index in [9.17, 15) is 18.0 Å². The van der Waals surface area contributed by atoms with Gasteiger partial charge in [0.25, 0.3) is 0 Å². The molecule has 1 N–H and O–H groups in total. The van der Waals surface area contributed by atoms with Crippen LogP contribution in [0.3, 0.4) is 0 Å². The molecular weight excluding hydrogens is 466 g/mol. The van der Waals surface area contributed by atoms with Crippen LogP contribution in [0.2, 0.25) is 0 Å². The highest BCUT2D eigenvalue weighted by Gasteiger charge is 2.36. The third-order valence-electron chi connectivity index (χ3n) is 7.34. The molecule has 2 fully saturated rings. The lowest BCUT2D eigenvalue weighted by Gasteiger charge is -2.30. The van der Waals surface area contributed by atoms with E-state index in [1.54, 1.807) is 18.7 Å². The quantitative estimate of drug-likeness (QED) is 0.655. The van der Waals surface area contributed by atoms with Crippen molar-refractivity contribution in [3.8, 4) is 0 Å². The Morgan fingerprint density at radius 2 is 1.69 bits per heavy atom. The van der Waals surface area contributed by atoms with Crippen LogP contribution in [0.1, 0.15) is 48.2 Å². The van der Waals surface area contributed by atoms with Gasteiger partial charge in [-0.25, -0.2) is 8.42 Å². The molecule has 0 bridgehead atoms. The average Bonchev–Trinajstić information content (AvgIpc) is 3.45. The zero-order valence-electron chi connectivity index (χ0n) is 21.0. The summed E-state index contributed by atoms with van der Waals surface area (Å²) >= 11 is 0. The third-order valence-corrected chi connectivity index (χ3v) is 9.50. The zero-order chi connectivity index (χ0) is 25.3. The predicted octanol–water partition coefficient (Wildman–Crippen LogP) is 2.78. The number of sulfonamides is 1. The van der Waals surface area contributed by atoms with Crippen LogP contribution in [0.4, 0.5) is 5.69 Å². The lowest BCUT2D eigenvalue weighted by atomic mass is 9.97. The van der Waals surface area contributed by atoms with Gasteiger partial charge in [0.2, 0.25) is 21.8 Å². The highest BCUT2D eigenvalue weighted by molar-refractivity contribution is 7.89. The van der Waals surface area contributed by atoms with E-state index in [2.05, 4.69) is 10.4 Å². The molecule has 190 valence electrons. The number of carbonyl (C=O) groups excluding carboxylic acids is 2. The van der Waals surface area contributed by atoms with Gasteiger partial charge in [-0.05, 0) is 70.6 Å². The zero-order valence-corrected chi connectivity index (χ0v) is 21.8. The Balaban J connectivity index is 1.42. The molecule has 1 aromatic carbocycles. The molecule has 2 amide bonds. The van der Waals surface area contributed by atoms with Gasteiger partial charge >= 0.3 is 0 Å². The molecule has 1 aromatic heterocycles. The molecule has 0 radical (unpaired) electrons. The summed E-state index contributed by atoms with van der Waals surface area (Å²) in [6.45, 7) is 9.42. The molecule has 0 atom stereocenters. The summed E-state index contributed by atoms with van der Waals surface area (Å²) in [6.07, 6.45) is 2.91. The number of carbonyl (C=O) groups is 2. The number of benzene rings is 1. The maximum absolute atomic E-state index is 13.5. The van der Waals surface area contributed by atoms with E-state index in [0.29, 0.717) is 24.2 Å². The van der Waals surface area contributed by atoms with Gasteiger partial charge in [0.15, 0.2) is 0 Å². The number of aromatic nitrogens is 2. The Kier molecular flexibility index (Phi) is 7.32. The smallest absolute Gasteiger partial charge is 0.246 e. The maximum atomic E-state index is 13.5. The molecule has 9 nitrogen and oxygen atoms in total. The molecule has 3 heterocycles. The summed E-state index contributed by atoms with van der Waals surface area (Å²) in [4.78, 5) is 27.4. The van der Waals surface area contributed by atoms with Crippen molar-refractivity contribution in [2.45, 2.75) is 64.8 Å². The summed E-state index contributed by atoms with van der Waals surface area (Å²) in [6, 6.07) is 5.80. The van der Waals surface area contributed by atoms with Crippen molar-refractivity contribution in [1.82, 2.24) is 19.0 Å². The van der Waals surface area contributed by atoms with Crippen LogP contribution in [-0.4, -0.2) is 65.4 Å². The summed E-state index contributed by atoms with van der Waals surface area (Å²) in [5, 5.41) is 7.40. The number of aryl methyl sites for hydroxylation is 2. The van der Waals surface area contributed by atoms with Crippen molar-refractivity contribution in [2.75, 3.05) is 31.5 Å². The number of hydrogen-bond donors (Lipinski definition) is 1. The second kappa shape index (κ2) is 10.1. The van der Waals surface area contributed by atoms with Crippen LogP contribution in [0.25, 0.3) is 0 Å². The minimum absolute atomic E-state index is 0.0345. The molecule has 0 unspecified atom stereocenters. The molecule has 35 heavy (non-hydrogen) atoms. The predicted molar refractivity (Wildman–Crippen MR) is 134 cm³/mol. The largest absolute Gasteiger partial charge is 0.341 e. The molecular formula is C25H35N5O4S. The van der Waals surface area contributed by atoms with E-state index < -0.39 is 10.0 Å². The van der Waals surface area contributed by atoms with E-state index in [1.807, 2.05) is 32.0 Å². The van der Waals surface area contributed by atoms with E-state index >= 15 is 0 Å². The minimum Gasteiger partial charge on any atom is -0.341 e. The third kappa shape index (κ3) is 5.13. The number of piperidine rings is 1. The number of rotatable bonds is 6. The van der Waals surface area contributed by atoms with Gasteiger partial charge in [0.1, 0.15) is 11.4 Å². The fraction of sp³-hybridized carbons (Fsp3) is 0.560. The van der Waals surface area contributed by atoms with Crippen molar-refractivity contribution in [3.63, 3.8) is 0 Å². The molecule has 2 aliphatic heterocycles. The number of likely N-dealkylation sites (tertiary alicyclic amines) is 1. The number of nitrogens with zero attached hydrogens (tertiary/aromatic N) is 4. The van der Waals surface area contributed by atoms with Crippen LogP contribution in [0.15, 0.2) is 23.1 Å². The van der Waals surface area contributed by atoms with Crippen molar-refractivity contribution < 1.29 is 18.0 Å². The average molecular weight is 502 g/mol. The Labute approximate surface area is 207 Å². The highest BCUT2D eigenvalue weighted by Crippen LogP contribution is 2.29. The summed E-state index contributed by atoms with van der Waals surface area (Å²) in [5.74, 6) is -0.353. The highest BCUT2D eigenvalue weighted by atomic mass is 32.2. The van der Waals surface area contributed by atoms with E-state index in [-0.39, 0.29) is 42.3 Å². The van der Waals surface area contributed by atoms with Gasteiger partial charge in [0, 0.05) is 37.8 Å². The Morgan fingerprint density at radius 3 is 2.34 bits per heavy atom. The Bertz CT molecular complexity index is 1220. The summed E-state index contributed by atoms with van der Waals surface area (Å²) < 4.78 is 30.0. The van der Waals surface area contributed by atoms with Crippen LogP contribution in [-0.2, 0) is 26.2 Å². The fourth-order valence-electron chi connectivity index (χ4n) is 5.01. The monoisotopic (exact) mass is 501 g/mol. The first-order chi connectivity index (χ1) is 16.6. The fourth-order valence-corrected chi connectivity index (χ4v) is 6.85. The number of anilines is 1. The molecule has 0 aliphatic carbocycles. The normalized spacial score (nSPS) is 17.7. The number of amides is 2. The van der Waals surface area contributed by atoms with Gasteiger partial charge in [-0.15, -0.1) is 0 Å². The lowest BCUT2D eigenvalue weighted by Crippen LogP contribution is -2.41. The maximum Gasteiger partial charge on any atom is 0.246 e. The number of hydrogen-bond acceptors (Lipinski definition) is 5. The molecule has 10 heteroatoms. The van der Waals surface area contributed by atoms with Crippen molar-refractivity contribution >= 4 is 27.5 Å². The standard InChI is InChI=1S/C25H35N5O4S/c1-17-8-7-9-22(18(17)2)26-25(32)21-10-14-29(15-11-21)35(33,34)24-19(3)27-30(20(24)4)16-23(31)28-12-5-6-13-28/h7-9,21H,5-6,10-16H2,1-4H3,(H,26,32). The van der Waals surface area contributed by atoms with E-state index in [0.717, 1.165) is 42.7 Å². The van der Waals surface area contributed by atoms with Crippen LogP contribution >= 0.6 is 0 Å². The van der Waals surface area contributed by atoms with Gasteiger partial charge in [0.05, 0.1) is 11.4 Å². The second-order valence-electron chi connectivity index (χ2n) is 9.66. The minimum atomic E-state index is -3.78. The molecule has 2 aliphatic rings. The molecule has 2 saturated heterocycles. The van der Waals surface area contributed by atoms with Gasteiger partial charge < -0.3 is 10.2 Å². The van der Waals surface area contributed by atoms with Gasteiger partial charge in [-0.1, -0.05) is 12.1 Å². The lowest BCUT2D eigenvalue weighted by molar-refractivity contribution is -0.131. The van der Waals surface area contributed by atoms with Crippen LogP contribution in [0.5, 0.6) is 0 Å². The van der Waals surface area contributed by atoms with Gasteiger partial charge in [-0.2, -0.15) is 9.40 Å². The molecule has 2 aromatic rings. The molecule has 0 saturated carbocycles. The second-order valence-corrected chi connectivity index (χ2v) is 11.5. The topological polar surface area (TPSA) is 105 Å². The van der Waals surface area contributed by atoms with E-state index in [1.165, 1.54) is 8.99 Å². The van der Waals surface area contributed by atoms with E-state index in [4.69, 9.17) is 0 Å². The first-order valence-corrected chi connectivity index (χ1v) is 13.7. The Hall–Kier alpha value is -2.72. The Morgan fingerprint density at radius 1 is 1.03 bits per heavy atom. The summed E-state index contributed by atoms with van der Waals surface area (Å²) in [5.41, 5.74) is 3.81. The SMILES string of the molecule is Cc1cccc(NC(=O)C2CCN(S(=O)(=O)c3c(C)nn(CC(=O)N4CCCC4)c3C)CC2)c1C. The van der Waals surface area contributed by atoms with Gasteiger partial charge in [-0.3, -0.25) is 14.3 Å². The van der Waals surface area contributed by atoms with Crippen LogP contribution < -0.4 is 5.32 Å². The van der Waals surface area contributed by atoms with Crippen molar-refractivity contribution in [2.24, 2.45) is 5.92 Å². The number of nitrogens with one attached hydrogen (secondary N) is 1. The van der Waals surface area contributed by atoms with Crippen LogP contribution in [0, 0.1) is 33.6 Å². The molecule has 0 spiro atoms. The first kappa shape index (κ1) is 25.4.